The molecule has 0 fully saturated rings. The molecule has 2 aromatic rings. The van der Waals surface area contributed by atoms with Gasteiger partial charge in [-0.1, -0.05) is 41.9 Å². The Labute approximate surface area is 158 Å². The molecule has 5 nitrogen and oxygen atoms in total. The summed E-state index contributed by atoms with van der Waals surface area (Å²) >= 11 is 6.13. The Morgan fingerprint density at radius 2 is 1.88 bits per heavy atom. The van der Waals surface area contributed by atoms with Crippen molar-refractivity contribution in [2.24, 2.45) is 0 Å². The van der Waals surface area contributed by atoms with Gasteiger partial charge in [-0.2, -0.15) is 0 Å². The van der Waals surface area contributed by atoms with Crippen molar-refractivity contribution >= 4 is 29.1 Å². The number of amides is 2. The standard InChI is InChI=1S/C20H23ClN2O3/c1-13-10-18(19(26-4)11-17(13)21)23(15(3)24)12-20(25)22-14(2)16-8-6-5-7-9-16/h5-11,14H,12H2,1-4H3,(H,22,25). The maximum Gasteiger partial charge on any atom is 0.240 e. The van der Waals surface area contributed by atoms with Crippen molar-refractivity contribution in [1.29, 1.82) is 0 Å². The van der Waals surface area contributed by atoms with Gasteiger partial charge in [-0.3, -0.25) is 14.5 Å². The molecule has 0 aliphatic rings. The molecule has 26 heavy (non-hydrogen) atoms. The molecule has 0 saturated carbocycles. The summed E-state index contributed by atoms with van der Waals surface area (Å²) in [5, 5.41) is 3.45. The van der Waals surface area contributed by atoms with E-state index in [1.165, 1.54) is 18.9 Å². The van der Waals surface area contributed by atoms with Crippen LogP contribution in [0.1, 0.15) is 31.0 Å². The molecule has 0 aliphatic carbocycles. The van der Waals surface area contributed by atoms with Crippen LogP contribution in [0.25, 0.3) is 0 Å². The van der Waals surface area contributed by atoms with Gasteiger partial charge in [0.15, 0.2) is 0 Å². The fraction of sp³-hybridized carbons (Fsp3) is 0.300. The van der Waals surface area contributed by atoms with E-state index < -0.39 is 0 Å². The zero-order valence-corrected chi connectivity index (χ0v) is 16.1. The summed E-state index contributed by atoms with van der Waals surface area (Å²) in [5.41, 5.74) is 2.31. The van der Waals surface area contributed by atoms with Crippen LogP contribution in [-0.4, -0.2) is 25.5 Å². The average Bonchev–Trinajstić information content (AvgIpc) is 2.62. The molecular formula is C20H23ClN2O3. The molecular weight excluding hydrogens is 352 g/mol. The lowest BCUT2D eigenvalue weighted by atomic mass is 10.1. The molecule has 0 heterocycles. The number of anilines is 1. The maximum atomic E-state index is 12.5. The van der Waals surface area contributed by atoms with E-state index in [2.05, 4.69) is 5.32 Å². The van der Waals surface area contributed by atoms with Crippen LogP contribution in [0, 0.1) is 6.92 Å². The van der Waals surface area contributed by atoms with Crippen LogP contribution in [-0.2, 0) is 9.59 Å². The van der Waals surface area contributed by atoms with Gasteiger partial charge in [0.2, 0.25) is 11.8 Å². The second-order valence-corrected chi connectivity index (χ2v) is 6.49. The molecule has 0 aromatic heterocycles. The predicted octanol–water partition coefficient (Wildman–Crippen LogP) is 3.89. The zero-order chi connectivity index (χ0) is 19.3. The monoisotopic (exact) mass is 374 g/mol. The van der Waals surface area contributed by atoms with E-state index in [9.17, 15) is 9.59 Å². The molecule has 0 spiro atoms. The summed E-state index contributed by atoms with van der Waals surface area (Å²) in [6.45, 7) is 5.04. The first-order chi connectivity index (χ1) is 12.3. The number of hydrogen-bond acceptors (Lipinski definition) is 3. The Morgan fingerprint density at radius 1 is 1.23 bits per heavy atom. The van der Waals surface area contributed by atoms with Gasteiger partial charge in [-0.25, -0.2) is 0 Å². The number of carbonyl (C=O) groups is 2. The Bertz CT molecular complexity index is 793. The summed E-state index contributed by atoms with van der Waals surface area (Å²) in [6.07, 6.45) is 0. The lowest BCUT2D eigenvalue weighted by Crippen LogP contribution is -2.40. The van der Waals surface area contributed by atoms with E-state index in [-0.39, 0.29) is 24.4 Å². The van der Waals surface area contributed by atoms with Crippen molar-refractivity contribution in [1.82, 2.24) is 5.32 Å². The fourth-order valence-corrected chi connectivity index (χ4v) is 2.80. The maximum absolute atomic E-state index is 12.5. The van der Waals surface area contributed by atoms with E-state index in [1.807, 2.05) is 44.2 Å². The highest BCUT2D eigenvalue weighted by Gasteiger charge is 2.21. The van der Waals surface area contributed by atoms with Gasteiger partial charge < -0.3 is 10.1 Å². The molecule has 0 bridgehead atoms. The van der Waals surface area contributed by atoms with Gasteiger partial charge in [0.05, 0.1) is 18.8 Å². The smallest absolute Gasteiger partial charge is 0.240 e. The summed E-state index contributed by atoms with van der Waals surface area (Å²) in [7, 11) is 1.50. The van der Waals surface area contributed by atoms with Crippen molar-refractivity contribution in [3.05, 3.63) is 58.6 Å². The van der Waals surface area contributed by atoms with E-state index >= 15 is 0 Å². The topological polar surface area (TPSA) is 58.6 Å². The number of methoxy groups -OCH3 is 1. The molecule has 2 rings (SSSR count). The second-order valence-electron chi connectivity index (χ2n) is 6.08. The normalized spacial score (nSPS) is 11.6. The molecule has 1 unspecified atom stereocenters. The number of rotatable bonds is 6. The molecule has 0 aliphatic heterocycles. The zero-order valence-electron chi connectivity index (χ0n) is 15.4. The van der Waals surface area contributed by atoms with Crippen molar-refractivity contribution in [3.63, 3.8) is 0 Å². The first kappa shape index (κ1) is 19.8. The van der Waals surface area contributed by atoms with Crippen molar-refractivity contribution in [3.8, 4) is 5.75 Å². The van der Waals surface area contributed by atoms with E-state index in [4.69, 9.17) is 16.3 Å². The van der Waals surface area contributed by atoms with Crippen LogP contribution in [0.15, 0.2) is 42.5 Å². The van der Waals surface area contributed by atoms with Gasteiger partial charge in [-0.05, 0) is 31.0 Å². The van der Waals surface area contributed by atoms with Crippen molar-refractivity contribution in [2.75, 3.05) is 18.6 Å². The molecule has 6 heteroatoms. The van der Waals surface area contributed by atoms with Crippen LogP contribution in [0.4, 0.5) is 5.69 Å². The average molecular weight is 375 g/mol. The largest absolute Gasteiger partial charge is 0.495 e. The first-order valence-corrected chi connectivity index (χ1v) is 8.67. The van der Waals surface area contributed by atoms with Gasteiger partial charge >= 0.3 is 0 Å². The summed E-state index contributed by atoms with van der Waals surface area (Å²) in [5.74, 6) is -0.0709. The fourth-order valence-electron chi connectivity index (χ4n) is 2.64. The van der Waals surface area contributed by atoms with Crippen LogP contribution >= 0.6 is 11.6 Å². The minimum absolute atomic E-state index is 0.107. The summed E-state index contributed by atoms with van der Waals surface area (Å²) in [6, 6.07) is 12.9. The molecule has 2 amide bonds. The summed E-state index contributed by atoms with van der Waals surface area (Å²) in [4.78, 5) is 26.0. The van der Waals surface area contributed by atoms with Crippen LogP contribution in [0.2, 0.25) is 5.02 Å². The minimum Gasteiger partial charge on any atom is -0.495 e. The van der Waals surface area contributed by atoms with Crippen LogP contribution in [0.3, 0.4) is 0 Å². The van der Waals surface area contributed by atoms with E-state index in [1.54, 1.807) is 12.1 Å². The molecule has 0 saturated heterocycles. The SMILES string of the molecule is COc1cc(Cl)c(C)cc1N(CC(=O)NC(C)c1ccccc1)C(C)=O. The number of aryl methyl sites for hydroxylation is 1. The minimum atomic E-state index is -0.258. The Balaban J connectivity index is 2.20. The third kappa shape index (κ3) is 4.76. The summed E-state index contributed by atoms with van der Waals surface area (Å²) < 4.78 is 5.33. The second kappa shape index (κ2) is 8.72. The number of ether oxygens (including phenoxy) is 1. The molecule has 1 atom stereocenters. The number of carbonyl (C=O) groups excluding carboxylic acids is 2. The highest BCUT2D eigenvalue weighted by molar-refractivity contribution is 6.31. The van der Waals surface area contributed by atoms with Crippen LogP contribution < -0.4 is 15.0 Å². The molecule has 138 valence electrons. The Morgan fingerprint density at radius 3 is 2.46 bits per heavy atom. The number of halogens is 1. The van der Waals surface area contributed by atoms with Gasteiger partial charge in [-0.15, -0.1) is 0 Å². The van der Waals surface area contributed by atoms with E-state index in [0.29, 0.717) is 16.5 Å². The van der Waals surface area contributed by atoms with Crippen molar-refractivity contribution in [2.45, 2.75) is 26.8 Å². The Kier molecular flexibility index (Phi) is 6.64. The lowest BCUT2D eigenvalue weighted by Gasteiger charge is -2.24. The van der Waals surface area contributed by atoms with Gasteiger partial charge in [0, 0.05) is 18.0 Å². The third-order valence-corrected chi connectivity index (χ3v) is 4.52. The van der Waals surface area contributed by atoms with Gasteiger partial charge in [0.25, 0.3) is 0 Å². The number of benzene rings is 2. The molecule has 0 radical (unpaired) electrons. The quantitative estimate of drug-likeness (QED) is 0.834. The van der Waals surface area contributed by atoms with Crippen molar-refractivity contribution < 1.29 is 14.3 Å². The highest BCUT2D eigenvalue weighted by Crippen LogP contribution is 2.33. The van der Waals surface area contributed by atoms with E-state index in [0.717, 1.165) is 11.1 Å². The lowest BCUT2D eigenvalue weighted by molar-refractivity contribution is -0.123. The molecule has 2 aromatic carbocycles. The number of hydrogen-bond donors (Lipinski definition) is 1. The predicted molar refractivity (Wildman–Crippen MR) is 104 cm³/mol. The first-order valence-electron chi connectivity index (χ1n) is 8.30. The Hall–Kier alpha value is -2.53. The third-order valence-electron chi connectivity index (χ3n) is 4.11. The number of nitrogens with zero attached hydrogens (tertiary/aromatic N) is 1. The van der Waals surface area contributed by atoms with Gasteiger partial charge in [0.1, 0.15) is 12.3 Å². The molecule has 1 N–H and O–H groups in total. The number of nitrogens with one attached hydrogen (secondary N) is 1. The van der Waals surface area contributed by atoms with Crippen LogP contribution in [0.5, 0.6) is 5.75 Å². The highest BCUT2D eigenvalue weighted by atomic mass is 35.5.